The molecule has 0 radical (unpaired) electrons. The molecule has 0 saturated heterocycles. The number of H-pyrrole nitrogens is 1. The van der Waals surface area contributed by atoms with Crippen molar-refractivity contribution in [2.75, 3.05) is 5.73 Å². The Bertz CT molecular complexity index is 745. The van der Waals surface area contributed by atoms with Crippen LogP contribution < -0.4 is 16.6 Å². The number of nitrogen functional groups attached to an aromatic ring is 1. The van der Waals surface area contributed by atoms with E-state index in [0.29, 0.717) is 26.3 Å². The molecule has 0 bridgehead atoms. The first-order chi connectivity index (χ1) is 8.99. The van der Waals surface area contributed by atoms with Crippen LogP contribution in [0.1, 0.15) is 28.1 Å². The lowest BCUT2D eigenvalue weighted by molar-refractivity contribution is 0.0956. The molecule has 1 fully saturated rings. The maximum Gasteiger partial charge on any atom is 0.268 e. The smallest absolute Gasteiger partial charge is 0.268 e. The Morgan fingerprint density at radius 1 is 1.53 bits per heavy atom. The van der Waals surface area contributed by atoms with Crippen LogP contribution >= 0.6 is 22.9 Å². The largest absolute Gasteiger partial charge is 0.397 e. The van der Waals surface area contributed by atoms with Crippen molar-refractivity contribution in [3.63, 3.8) is 0 Å². The Hall–Kier alpha value is -1.53. The molecule has 2 aromatic heterocycles. The van der Waals surface area contributed by atoms with Crippen molar-refractivity contribution in [1.29, 1.82) is 0 Å². The van der Waals surface area contributed by atoms with E-state index in [9.17, 15) is 9.59 Å². The minimum Gasteiger partial charge on any atom is -0.397 e. The number of carbonyl (C=O) groups excluding carboxylic acids is 1. The maximum absolute atomic E-state index is 12.1. The van der Waals surface area contributed by atoms with Gasteiger partial charge < -0.3 is 16.0 Å². The van der Waals surface area contributed by atoms with Gasteiger partial charge in [0.1, 0.15) is 14.7 Å². The lowest BCUT2D eigenvalue weighted by Crippen LogP contribution is -2.25. The van der Waals surface area contributed by atoms with Crippen LogP contribution in [0.2, 0.25) is 5.02 Å². The molecular weight excluding hydrogens is 286 g/mol. The first kappa shape index (κ1) is 12.5. The molecule has 7 heteroatoms. The van der Waals surface area contributed by atoms with E-state index < -0.39 is 0 Å². The predicted octanol–water partition coefficient (Wildman–Crippen LogP) is 2.03. The molecule has 0 aromatic carbocycles. The normalized spacial score (nSPS) is 14.8. The van der Waals surface area contributed by atoms with Crippen molar-refractivity contribution >= 4 is 44.7 Å². The summed E-state index contributed by atoms with van der Waals surface area (Å²) >= 11 is 7.10. The summed E-state index contributed by atoms with van der Waals surface area (Å²) in [7, 11) is 0. The number of hydrogen-bond donors (Lipinski definition) is 3. The summed E-state index contributed by atoms with van der Waals surface area (Å²) in [6.45, 7) is 1.73. The van der Waals surface area contributed by atoms with Crippen LogP contribution in [0.15, 0.2) is 4.79 Å². The van der Waals surface area contributed by atoms with E-state index in [4.69, 9.17) is 17.3 Å². The lowest BCUT2D eigenvalue weighted by atomic mass is 10.1. The van der Waals surface area contributed by atoms with Gasteiger partial charge >= 0.3 is 0 Å². The summed E-state index contributed by atoms with van der Waals surface area (Å²) in [6.07, 6.45) is 2.02. The summed E-state index contributed by atoms with van der Waals surface area (Å²) < 4.78 is 0. The van der Waals surface area contributed by atoms with Gasteiger partial charge in [-0.3, -0.25) is 9.59 Å². The van der Waals surface area contributed by atoms with Gasteiger partial charge in [-0.15, -0.1) is 11.3 Å². The minimum absolute atomic E-state index is 0.117. The number of thiophene rings is 1. The van der Waals surface area contributed by atoms with Crippen molar-refractivity contribution in [2.45, 2.75) is 25.8 Å². The molecule has 1 aliphatic carbocycles. The van der Waals surface area contributed by atoms with E-state index in [2.05, 4.69) is 10.3 Å². The van der Waals surface area contributed by atoms with Crippen LogP contribution in [0.5, 0.6) is 0 Å². The number of amides is 1. The average Bonchev–Trinajstić information content (AvgIpc) is 3.10. The fraction of sp³-hybridized carbons (Fsp3) is 0.333. The number of aromatic nitrogens is 1. The van der Waals surface area contributed by atoms with Gasteiger partial charge in [-0.2, -0.15) is 0 Å². The first-order valence-corrected chi connectivity index (χ1v) is 7.09. The van der Waals surface area contributed by atoms with Gasteiger partial charge in [0.05, 0.1) is 5.69 Å². The highest BCUT2D eigenvalue weighted by Gasteiger charge is 2.27. The molecule has 3 rings (SSSR count). The predicted molar refractivity (Wildman–Crippen MR) is 77.1 cm³/mol. The minimum atomic E-state index is -0.359. The second-order valence-electron chi connectivity index (χ2n) is 4.69. The van der Waals surface area contributed by atoms with Gasteiger partial charge in [0.2, 0.25) is 0 Å². The molecule has 0 unspecified atom stereocenters. The van der Waals surface area contributed by atoms with Gasteiger partial charge in [0.25, 0.3) is 11.5 Å². The number of rotatable bonds is 2. The number of halogens is 1. The van der Waals surface area contributed by atoms with Crippen LogP contribution in [-0.2, 0) is 0 Å². The zero-order valence-corrected chi connectivity index (χ0v) is 11.7. The van der Waals surface area contributed by atoms with E-state index in [-0.39, 0.29) is 22.5 Å². The molecule has 5 nitrogen and oxygen atoms in total. The molecular formula is C12H12ClN3O2S. The van der Waals surface area contributed by atoms with E-state index in [0.717, 1.165) is 12.8 Å². The highest BCUT2D eigenvalue weighted by Crippen LogP contribution is 2.36. The molecule has 19 heavy (non-hydrogen) atoms. The zero-order valence-electron chi connectivity index (χ0n) is 10.2. The van der Waals surface area contributed by atoms with Crippen LogP contribution in [0, 0.1) is 6.92 Å². The van der Waals surface area contributed by atoms with Gasteiger partial charge in [0, 0.05) is 11.4 Å². The molecule has 1 saturated carbocycles. The number of nitrogens with one attached hydrogen (secondary N) is 2. The summed E-state index contributed by atoms with van der Waals surface area (Å²) in [6, 6.07) is 0.265. The molecule has 4 N–H and O–H groups in total. The molecule has 1 aliphatic rings. The van der Waals surface area contributed by atoms with Crippen molar-refractivity contribution in [3.8, 4) is 0 Å². The second kappa shape index (κ2) is 4.25. The molecule has 100 valence electrons. The first-order valence-electron chi connectivity index (χ1n) is 5.90. The van der Waals surface area contributed by atoms with Crippen molar-refractivity contribution in [1.82, 2.24) is 10.3 Å². The SMILES string of the molecule is Cc1c(Cl)c(=O)[nH]c2sc(C(=O)NC3CC3)c(N)c12. The molecule has 0 atom stereocenters. The van der Waals surface area contributed by atoms with Crippen LogP contribution in [-0.4, -0.2) is 16.9 Å². The average molecular weight is 298 g/mol. The molecule has 2 heterocycles. The topological polar surface area (TPSA) is 88.0 Å². The van der Waals surface area contributed by atoms with Crippen LogP contribution in [0.4, 0.5) is 5.69 Å². The van der Waals surface area contributed by atoms with Gasteiger partial charge in [-0.1, -0.05) is 11.6 Å². The number of fused-ring (bicyclic) bond motifs is 1. The van der Waals surface area contributed by atoms with E-state index >= 15 is 0 Å². The summed E-state index contributed by atoms with van der Waals surface area (Å²) in [4.78, 5) is 27.3. The molecule has 1 amide bonds. The Morgan fingerprint density at radius 2 is 2.21 bits per heavy atom. The molecule has 2 aromatic rings. The zero-order chi connectivity index (χ0) is 13.7. The van der Waals surface area contributed by atoms with Gasteiger partial charge in [-0.05, 0) is 25.3 Å². The molecule has 0 spiro atoms. The summed E-state index contributed by atoms with van der Waals surface area (Å²) in [5.41, 5.74) is 6.66. The maximum atomic E-state index is 12.1. The summed E-state index contributed by atoms with van der Waals surface area (Å²) in [5.74, 6) is -0.183. The van der Waals surface area contributed by atoms with Crippen molar-refractivity contribution < 1.29 is 4.79 Å². The third-order valence-corrected chi connectivity index (χ3v) is 4.77. The number of aromatic amines is 1. The third-order valence-electron chi connectivity index (χ3n) is 3.19. The van der Waals surface area contributed by atoms with Crippen molar-refractivity contribution in [3.05, 3.63) is 25.8 Å². The Morgan fingerprint density at radius 3 is 2.84 bits per heavy atom. The Kier molecular flexibility index (Phi) is 2.79. The molecule has 0 aliphatic heterocycles. The number of anilines is 1. The van der Waals surface area contributed by atoms with E-state index in [1.54, 1.807) is 6.92 Å². The van der Waals surface area contributed by atoms with Crippen LogP contribution in [0.3, 0.4) is 0 Å². The standard InChI is InChI=1S/C12H12ClN3O2S/c1-4-6-8(14)9(11(18)15-5-2-3-5)19-12(6)16-10(17)7(4)13/h5H,2-3,14H2,1H3,(H,15,18)(H,16,17). The van der Waals surface area contributed by atoms with Crippen LogP contribution in [0.25, 0.3) is 10.2 Å². The number of carbonyl (C=O) groups is 1. The highest BCUT2D eigenvalue weighted by atomic mass is 35.5. The lowest BCUT2D eigenvalue weighted by Gasteiger charge is -2.02. The summed E-state index contributed by atoms with van der Waals surface area (Å²) in [5, 5.41) is 3.67. The van der Waals surface area contributed by atoms with E-state index in [1.807, 2.05) is 0 Å². The van der Waals surface area contributed by atoms with E-state index in [1.165, 1.54) is 11.3 Å². The third kappa shape index (κ3) is 2.01. The number of pyridine rings is 1. The highest BCUT2D eigenvalue weighted by molar-refractivity contribution is 7.21. The van der Waals surface area contributed by atoms with Gasteiger partial charge in [0.15, 0.2) is 0 Å². The fourth-order valence-electron chi connectivity index (χ4n) is 1.99. The number of nitrogens with two attached hydrogens (primary N) is 1. The Labute approximate surface area is 117 Å². The number of aryl methyl sites for hydroxylation is 1. The monoisotopic (exact) mass is 297 g/mol. The quantitative estimate of drug-likeness (QED) is 0.792. The Balaban J connectivity index is 2.16. The van der Waals surface area contributed by atoms with Crippen molar-refractivity contribution in [2.24, 2.45) is 0 Å². The van der Waals surface area contributed by atoms with Gasteiger partial charge in [-0.25, -0.2) is 0 Å². The second-order valence-corrected chi connectivity index (χ2v) is 6.09. The fourth-order valence-corrected chi connectivity index (χ4v) is 3.21. The number of hydrogen-bond acceptors (Lipinski definition) is 4.